The van der Waals surface area contributed by atoms with Crippen LogP contribution >= 0.6 is 0 Å². The quantitative estimate of drug-likeness (QED) is 0.651. The summed E-state index contributed by atoms with van der Waals surface area (Å²) in [6.45, 7) is 5.26. The fraction of sp³-hybridized carbons (Fsp3) is 0.500. The Balaban J connectivity index is 1.73. The van der Waals surface area contributed by atoms with Crippen LogP contribution in [0.25, 0.3) is 0 Å². The van der Waals surface area contributed by atoms with Crippen LogP contribution in [0.5, 0.6) is 0 Å². The van der Waals surface area contributed by atoms with Crippen LogP contribution in [0.1, 0.15) is 43.7 Å². The van der Waals surface area contributed by atoms with Crippen LogP contribution < -0.4 is 5.32 Å². The summed E-state index contributed by atoms with van der Waals surface area (Å²) in [4.78, 5) is 51.7. The maximum absolute atomic E-state index is 12.7. The molecule has 2 aliphatic rings. The Bertz CT molecular complexity index is 784. The molecule has 3 rings (SSSR count). The Morgan fingerprint density at radius 3 is 2.33 bits per heavy atom. The van der Waals surface area contributed by atoms with E-state index in [9.17, 15) is 19.2 Å². The highest BCUT2D eigenvalue weighted by atomic mass is 16.2. The minimum atomic E-state index is -0.922. The van der Waals surface area contributed by atoms with Crippen molar-refractivity contribution >= 4 is 29.4 Å². The van der Waals surface area contributed by atoms with E-state index < -0.39 is 30.3 Å². The molecule has 5 amide bonds. The number of nitrogens with one attached hydrogen (secondary N) is 1. The van der Waals surface area contributed by atoms with Crippen LogP contribution in [-0.4, -0.2) is 46.1 Å². The van der Waals surface area contributed by atoms with E-state index in [4.69, 9.17) is 0 Å². The monoisotopic (exact) mass is 371 g/mol. The number of carbonyl (C=O) groups excluding carboxylic acids is 4. The molecular formula is C20H25N3O4. The van der Waals surface area contributed by atoms with Gasteiger partial charge in [0.25, 0.3) is 0 Å². The zero-order chi connectivity index (χ0) is 19.7. The van der Waals surface area contributed by atoms with Gasteiger partial charge in [-0.25, -0.2) is 9.69 Å². The molecular weight excluding hydrogens is 346 g/mol. The smallest absolute Gasteiger partial charge is 0.324 e. The van der Waals surface area contributed by atoms with Crippen molar-refractivity contribution in [3.05, 3.63) is 29.3 Å². The average Bonchev–Trinajstić information content (AvgIpc) is 2.83. The predicted molar refractivity (Wildman–Crippen MR) is 99.9 cm³/mol. The highest BCUT2D eigenvalue weighted by Crippen LogP contribution is 2.31. The minimum absolute atomic E-state index is 0.155. The van der Waals surface area contributed by atoms with E-state index in [1.165, 1.54) is 0 Å². The third-order valence-corrected chi connectivity index (χ3v) is 5.53. The van der Waals surface area contributed by atoms with Gasteiger partial charge < -0.3 is 5.32 Å². The highest BCUT2D eigenvalue weighted by Gasteiger charge is 2.49. The number of hydrogen-bond acceptors (Lipinski definition) is 4. The summed E-state index contributed by atoms with van der Waals surface area (Å²) in [7, 11) is 0. The number of aryl methyl sites for hydroxylation is 2. The number of para-hydroxylation sites is 1. The number of nitrogens with zero attached hydrogens (tertiary/aromatic N) is 2. The Hall–Kier alpha value is -2.70. The lowest BCUT2D eigenvalue weighted by atomic mass is 9.85. The number of urea groups is 1. The molecule has 0 radical (unpaired) electrons. The van der Waals surface area contributed by atoms with Crippen molar-refractivity contribution in [3.8, 4) is 0 Å². The normalized spacial score (nSPS) is 23.1. The molecule has 144 valence electrons. The maximum atomic E-state index is 12.7. The third-order valence-electron chi connectivity index (χ3n) is 5.53. The molecule has 27 heavy (non-hydrogen) atoms. The lowest BCUT2D eigenvalue weighted by Gasteiger charge is -2.34. The topological polar surface area (TPSA) is 86.8 Å². The molecule has 1 heterocycles. The fourth-order valence-corrected chi connectivity index (χ4v) is 3.97. The first-order valence-electron chi connectivity index (χ1n) is 9.36. The van der Waals surface area contributed by atoms with Crippen molar-refractivity contribution in [2.24, 2.45) is 5.92 Å². The molecule has 0 spiro atoms. The molecule has 2 atom stereocenters. The fourth-order valence-electron chi connectivity index (χ4n) is 3.97. The average molecular weight is 371 g/mol. The lowest BCUT2D eigenvalue weighted by Crippen LogP contribution is -2.46. The molecule has 1 N–H and O–H groups in total. The van der Waals surface area contributed by atoms with Crippen molar-refractivity contribution in [1.29, 1.82) is 0 Å². The molecule has 1 saturated carbocycles. The zero-order valence-corrected chi connectivity index (χ0v) is 15.9. The predicted octanol–water partition coefficient (Wildman–Crippen LogP) is 2.61. The summed E-state index contributed by atoms with van der Waals surface area (Å²) in [6, 6.07) is 4.67. The van der Waals surface area contributed by atoms with Crippen molar-refractivity contribution in [1.82, 2.24) is 9.80 Å². The maximum Gasteiger partial charge on any atom is 0.334 e. The van der Waals surface area contributed by atoms with Gasteiger partial charge in [-0.3, -0.25) is 19.3 Å². The number of rotatable bonds is 4. The Morgan fingerprint density at radius 1 is 1.07 bits per heavy atom. The molecule has 1 aromatic carbocycles. The van der Waals surface area contributed by atoms with Gasteiger partial charge in [-0.05, 0) is 43.7 Å². The summed E-state index contributed by atoms with van der Waals surface area (Å²) < 4.78 is 0. The van der Waals surface area contributed by atoms with Gasteiger partial charge in [0, 0.05) is 11.7 Å². The number of imide groups is 2. The van der Waals surface area contributed by atoms with Crippen LogP contribution in [0, 0.1) is 19.8 Å². The van der Waals surface area contributed by atoms with Gasteiger partial charge in [-0.2, -0.15) is 0 Å². The molecule has 0 unspecified atom stereocenters. The van der Waals surface area contributed by atoms with Gasteiger partial charge in [-0.1, -0.05) is 38.0 Å². The van der Waals surface area contributed by atoms with Crippen LogP contribution in [0.15, 0.2) is 18.2 Å². The third kappa shape index (κ3) is 3.59. The molecule has 1 aliphatic carbocycles. The molecule has 1 aromatic rings. The van der Waals surface area contributed by atoms with Gasteiger partial charge in [0.05, 0.1) is 0 Å². The Kier molecular flexibility index (Phi) is 5.30. The molecule has 7 heteroatoms. The molecule has 1 aliphatic heterocycles. The minimum Gasteiger partial charge on any atom is -0.324 e. The van der Waals surface area contributed by atoms with Gasteiger partial charge in [0.15, 0.2) is 0 Å². The van der Waals surface area contributed by atoms with E-state index in [1.807, 2.05) is 39.0 Å². The van der Waals surface area contributed by atoms with E-state index in [0.29, 0.717) is 12.1 Å². The summed E-state index contributed by atoms with van der Waals surface area (Å²) in [6.07, 6.45) is 3.61. The summed E-state index contributed by atoms with van der Waals surface area (Å²) >= 11 is 0. The summed E-state index contributed by atoms with van der Waals surface area (Å²) in [5.74, 6) is -2.09. The van der Waals surface area contributed by atoms with E-state index in [1.54, 1.807) is 0 Å². The van der Waals surface area contributed by atoms with Crippen molar-refractivity contribution in [2.75, 3.05) is 11.9 Å². The highest BCUT2D eigenvalue weighted by molar-refractivity contribution is 6.45. The van der Waals surface area contributed by atoms with Crippen LogP contribution in [0.3, 0.4) is 0 Å². The molecule has 0 aromatic heterocycles. The number of anilines is 1. The van der Waals surface area contributed by atoms with Crippen molar-refractivity contribution < 1.29 is 19.2 Å². The number of amides is 5. The second-order valence-corrected chi connectivity index (χ2v) is 7.49. The standard InChI is InChI=1S/C20H25N3O4/c1-12-7-4-5-10-15(12)23-19(26)18(25)22(20(23)27)11-16(24)21-17-13(2)8-6-9-14(17)3/h6,8-9,12,15H,4-5,7,10-11H2,1-3H3,(H,21,24)/t12-,15+/m1/s1. The van der Waals surface area contributed by atoms with Crippen LogP contribution in [0.4, 0.5) is 10.5 Å². The van der Waals surface area contributed by atoms with E-state index >= 15 is 0 Å². The van der Waals surface area contributed by atoms with Gasteiger partial charge >= 0.3 is 17.8 Å². The SMILES string of the molecule is Cc1cccc(C)c1NC(=O)CN1C(=O)C(=O)N([C@H]2CCCC[C@H]2C)C1=O. The summed E-state index contributed by atoms with van der Waals surface area (Å²) in [5.41, 5.74) is 2.43. The van der Waals surface area contributed by atoms with Crippen molar-refractivity contribution in [3.63, 3.8) is 0 Å². The van der Waals surface area contributed by atoms with Gasteiger partial charge in [0.2, 0.25) is 5.91 Å². The van der Waals surface area contributed by atoms with E-state index in [-0.39, 0.29) is 12.0 Å². The Morgan fingerprint density at radius 2 is 1.70 bits per heavy atom. The first kappa shape index (κ1) is 19.1. The molecule has 0 bridgehead atoms. The van der Waals surface area contributed by atoms with E-state index in [2.05, 4.69) is 5.32 Å². The first-order valence-corrected chi connectivity index (χ1v) is 9.36. The Labute approximate surface area is 158 Å². The largest absolute Gasteiger partial charge is 0.334 e. The molecule has 7 nitrogen and oxygen atoms in total. The number of hydrogen-bond donors (Lipinski definition) is 1. The van der Waals surface area contributed by atoms with Crippen LogP contribution in [0.2, 0.25) is 0 Å². The first-order chi connectivity index (χ1) is 12.8. The molecule has 2 fully saturated rings. The van der Waals surface area contributed by atoms with Gasteiger partial charge in [-0.15, -0.1) is 0 Å². The number of carbonyl (C=O) groups is 4. The molecule has 1 saturated heterocycles. The second-order valence-electron chi connectivity index (χ2n) is 7.49. The van der Waals surface area contributed by atoms with Crippen LogP contribution in [-0.2, 0) is 14.4 Å². The van der Waals surface area contributed by atoms with Gasteiger partial charge in [0.1, 0.15) is 6.54 Å². The van der Waals surface area contributed by atoms with E-state index in [0.717, 1.165) is 40.2 Å². The zero-order valence-electron chi connectivity index (χ0n) is 15.9. The lowest BCUT2D eigenvalue weighted by molar-refractivity contribution is -0.145. The van der Waals surface area contributed by atoms with Crippen molar-refractivity contribution in [2.45, 2.75) is 52.5 Å². The number of benzene rings is 1. The second kappa shape index (κ2) is 7.50. The summed E-state index contributed by atoms with van der Waals surface area (Å²) in [5, 5.41) is 2.75.